The van der Waals surface area contributed by atoms with Gasteiger partial charge in [-0.1, -0.05) is 30.3 Å². The Labute approximate surface area is 161 Å². The summed E-state index contributed by atoms with van der Waals surface area (Å²) in [4.78, 5) is 12.5. The Morgan fingerprint density at radius 1 is 1.07 bits per heavy atom. The molecule has 0 saturated carbocycles. The molecule has 28 heavy (non-hydrogen) atoms. The zero-order chi connectivity index (χ0) is 19.7. The first-order chi connectivity index (χ1) is 13.4. The molecule has 3 aromatic rings. The molecular formula is C20H18FN3O3S. The smallest absolute Gasteiger partial charge is 0.225 e. The summed E-state index contributed by atoms with van der Waals surface area (Å²) in [6.07, 6.45) is 0.817. The lowest BCUT2D eigenvalue weighted by atomic mass is 10.1. The molecule has 0 spiro atoms. The molecule has 1 amide bonds. The number of nitrogens with zero attached hydrogens (tertiary/aromatic N) is 2. The van der Waals surface area contributed by atoms with E-state index >= 15 is 0 Å². The molecule has 0 unspecified atom stereocenters. The summed E-state index contributed by atoms with van der Waals surface area (Å²) in [5, 5.41) is 7.17. The van der Waals surface area contributed by atoms with Gasteiger partial charge in [-0.25, -0.2) is 17.5 Å². The summed E-state index contributed by atoms with van der Waals surface area (Å²) in [5.74, 6) is -0.624. The molecule has 0 radical (unpaired) electrons. The number of hydrogen-bond donors (Lipinski definition) is 1. The first kappa shape index (κ1) is 18.4. The fourth-order valence-corrected chi connectivity index (χ4v) is 4.73. The van der Waals surface area contributed by atoms with Crippen LogP contribution in [0, 0.1) is 5.82 Å². The summed E-state index contributed by atoms with van der Waals surface area (Å²) in [6, 6.07) is 15.3. The zero-order valence-corrected chi connectivity index (χ0v) is 15.7. The quantitative estimate of drug-likeness (QED) is 0.715. The number of aromatic nitrogens is 2. The van der Waals surface area contributed by atoms with Gasteiger partial charge in [0.15, 0.2) is 9.84 Å². The van der Waals surface area contributed by atoms with Crippen LogP contribution in [0.4, 0.5) is 10.2 Å². The van der Waals surface area contributed by atoms with Crippen molar-refractivity contribution in [2.45, 2.75) is 24.3 Å². The maximum Gasteiger partial charge on any atom is 0.225 e. The van der Waals surface area contributed by atoms with Crippen LogP contribution in [0.15, 0.2) is 54.6 Å². The van der Waals surface area contributed by atoms with Crippen molar-refractivity contribution in [2.75, 3.05) is 5.32 Å². The van der Waals surface area contributed by atoms with Crippen molar-refractivity contribution in [3.8, 4) is 5.69 Å². The van der Waals surface area contributed by atoms with Gasteiger partial charge in [0.1, 0.15) is 11.6 Å². The molecule has 0 atom stereocenters. The fourth-order valence-electron chi connectivity index (χ4n) is 3.24. The standard InChI is InChI=1S/C20H18FN3O3S/c21-15-7-9-16(10-8-15)24-20(17-12-28(26,27)13-18(17)23-24)22-19(25)11-6-14-4-2-1-3-5-14/h1-5,7-10H,6,11-13H2,(H,22,25). The number of hydrogen-bond acceptors (Lipinski definition) is 4. The number of anilines is 1. The average molecular weight is 399 g/mol. The van der Waals surface area contributed by atoms with Crippen LogP contribution in [0.25, 0.3) is 5.69 Å². The Balaban J connectivity index is 1.61. The maximum absolute atomic E-state index is 13.3. The summed E-state index contributed by atoms with van der Waals surface area (Å²) in [7, 11) is -3.27. The highest BCUT2D eigenvalue weighted by Gasteiger charge is 2.33. The molecular weight excluding hydrogens is 381 g/mol. The lowest BCUT2D eigenvalue weighted by Gasteiger charge is -2.11. The summed E-state index contributed by atoms with van der Waals surface area (Å²) in [6.45, 7) is 0. The summed E-state index contributed by atoms with van der Waals surface area (Å²) >= 11 is 0. The Morgan fingerprint density at radius 2 is 1.79 bits per heavy atom. The van der Waals surface area contributed by atoms with Crippen LogP contribution in [-0.2, 0) is 32.6 Å². The number of fused-ring (bicyclic) bond motifs is 1. The van der Waals surface area contributed by atoms with E-state index in [1.807, 2.05) is 30.3 Å². The van der Waals surface area contributed by atoms with Crippen LogP contribution in [-0.4, -0.2) is 24.1 Å². The molecule has 2 aromatic carbocycles. The van der Waals surface area contributed by atoms with Crippen molar-refractivity contribution in [3.63, 3.8) is 0 Å². The van der Waals surface area contributed by atoms with Gasteiger partial charge in [-0.2, -0.15) is 5.10 Å². The number of nitrogens with one attached hydrogen (secondary N) is 1. The maximum atomic E-state index is 13.3. The fraction of sp³-hybridized carbons (Fsp3) is 0.200. The van der Waals surface area contributed by atoms with E-state index in [0.29, 0.717) is 29.2 Å². The van der Waals surface area contributed by atoms with Gasteiger partial charge < -0.3 is 5.32 Å². The second kappa shape index (κ2) is 7.20. The Hall–Kier alpha value is -3.00. The molecule has 0 fully saturated rings. The van der Waals surface area contributed by atoms with Crippen LogP contribution >= 0.6 is 0 Å². The number of halogens is 1. The van der Waals surface area contributed by atoms with Crippen LogP contribution in [0.3, 0.4) is 0 Å². The van der Waals surface area contributed by atoms with E-state index in [2.05, 4.69) is 10.4 Å². The monoisotopic (exact) mass is 399 g/mol. The van der Waals surface area contributed by atoms with Gasteiger partial charge >= 0.3 is 0 Å². The lowest BCUT2D eigenvalue weighted by molar-refractivity contribution is -0.116. The van der Waals surface area contributed by atoms with Gasteiger partial charge in [0.05, 0.1) is 22.9 Å². The van der Waals surface area contributed by atoms with E-state index in [9.17, 15) is 17.6 Å². The van der Waals surface area contributed by atoms with Gasteiger partial charge in [-0.3, -0.25) is 4.79 Å². The van der Waals surface area contributed by atoms with Crippen molar-refractivity contribution in [1.29, 1.82) is 0 Å². The minimum Gasteiger partial charge on any atom is -0.310 e. The molecule has 1 aliphatic heterocycles. The number of amides is 1. The molecule has 0 aliphatic carbocycles. The highest BCUT2D eigenvalue weighted by Crippen LogP contribution is 2.33. The van der Waals surface area contributed by atoms with E-state index in [-0.39, 0.29) is 29.7 Å². The van der Waals surface area contributed by atoms with E-state index in [0.717, 1.165) is 5.56 Å². The predicted octanol–water partition coefficient (Wildman–Crippen LogP) is 3.01. The Kier molecular flexibility index (Phi) is 4.72. The molecule has 8 heteroatoms. The molecule has 0 saturated heterocycles. The van der Waals surface area contributed by atoms with E-state index in [1.165, 1.54) is 28.9 Å². The van der Waals surface area contributed by atoms with Gasteiger partial charge in [-0.15, -0.1) is 0 Å². The first-order valence-electron chi connectivity index (χ1n) is 8.82. The number of rotatable bonds is 5. The second-order valence-electron chi connectivity index (χ2n) is 6.73. The number of benzene rings is 2. The van der Waals surface area contributed by atoms with Gasteiger partial charge in [0, 0.05) is 12.0 Å². The Bertz CT molecular complexity index is 1120. The summed E-state index contributed by atoms with van der Waals surface area (Å²) < 4.78 is 38.7. The van der Waals surface area contributed by atoms with Crippen molar-refractivity contribution < 1.29 is 17.6 Å². The van der Waals surface area contributed by atoms with E-state index < -0.39 is 9.84 Å². The van der Waals surface area contributed by atoms with Gasteiger partial charge in [0.25, 0.3) is 0 Å². The summed E-state index contributed by atoms with van der Waals surface area (Å²) in [5.41, 5.74) is 2.50. The van der Waals surface area contributed by atoms with Crippen molar-refractivity contribution in [1.82, 2.24) is 9.78 Å². The average Bonchev–Trinajstić information content (AvgIpc) is 3.14. The molecule has 0 bridgehead atoms. The van der Waals surface area contributed by atoms with Crippen LogP contribution < -0.4 is 5.32 Å². The SMILES string of the molecule is O=C(CCc1ccccc1)Nc1c2c(nn1-c1ccc(F)cc1)CS(=O)(=O)C2. The van der Waals surface area contributed by atoms with Crippen molar-refractivity contribution >= 4 is 21.6 Å². The molecule has 6 nitrogen and oxygen atoms in total. The predicted molar refractivity (Wildman–Crippen MR) is 103 cm³/mol. The van der Waals surface area contributed by atoms with Crippen molar-refractivity contribution in [3.05, 3.63) is 77.2 Å². The number of carbonyl (C=O) groups is 1. The van der Waals surface area contributed by atoms with Crippen molar-refractivity contribution in [2.24, 2.45) is 0 Å². The largest absolute Gasteiger partial charge is 0.310 e. The number of carbonyl (C=O) groups excluding carboxylic acids is 1. The van der Waals surface area contributed by atoms with Gasteiger partial charge in [-0.05, 0) is 36.2 Å². The lowest BCUT2D eigenvalue weighted by Crippen LogP contribution is -2.17. The molecule has 1 aliphatic rings. The van der Waals surface area contributed by atoms with Crippen LogP contribution in [0.2, 0.25) is 0 Å². The molecule has 2 heterocycles. The zero-order valence-electron chi connectivity index (χ0n) is 14.9. The second-order valence-corrected chi connectivity index (χ2v) is 8.79. The number of aryl methyl sites for hydroxylation is 1. The molecule has 4 rings (SSSR count). The van der Waals surface area contributed by atoms with Crippen LogP contribution in [0.5, 0.6) is 0 Å². The minimum absolute atomic E-state index is 0.163. The highest BCUT2D eigenvalue weighted by atomic mass is 32.2. The first-order valence-corrected chi connectivity index (χ1v) is 10.6. The normalized spacial score (nSPS) is 14.6. The van der Waals surface area contributed by atoms with Crippen LogP contribution in [0.1, 0.15) is 23.2 Å². The molecule has 1 N–H and O–H groups in total. The third-order valence-electron chi connectivity index (χ3n) is 4.60. The third kappa shape index (κ3) is 3.82. The highest BCUT2D eigenvalue weighted by molar-refractivity contribution is 7.90. The third-order valence-corrected chi connectivity index (χ3v) is 6.04. The topological polar surface area (TPSA) is 81.1 Å². The minimum atomic E-state index is -3.27. The number of sulfone groups is 1. The molecule has 1 aromatic heterocycles. The van der Waals surface area contributed by atoms with Gasteiger partial charge in [0.2, 0.25) is 5.91 Å². The van der Waals surface area contributed by atoms with E-state index in [1.54, 1.807) is 0 Å². The van der Waals surface area contributed by atoms with E-state index in [4.69, 9.17) is 0 Å². The Morgan fingerprint density at radius 3 is 2.50 bits per heavy atom. The molecule has 144 valence electrons.